The number of aromatic amines is 1. The molecule has 0 aliphatic rings. The quantitative estimate of drug-likeness (QED) is 0.819. The summed E-state index contributed by atoms with van der Waals surface area (Å²) in [6, 6.07) is 3.33. The van der Waals surface area contributed by atoms with Crippen molar-refractivity contribution in [1.29, 1.82) is 0 Å². The van der Waals surface area contributed by atoms with E-state index in [0.29, 0.717) is 6.42 Å². The number of ether oxygens (including phenoxy) is 2. The van der Waals surface area contributed by atoms with Crippen molar-refractivity contribution in [3.8, 4) is 5.75 Å². The molecular weight excluding hydrogens is 244 g/mol. The molecule has 19 heavy (non-hydrogen) atoms. The average molecular weight is 262 g/mol. The van der Waals surface area contributed by atoms with Crippen molar-refractivity contribution in [3.05, 3.63) is 29.5 Å². The Morgan fingerprint density at radius 2 is 2.16 bits per heavy atom. The molecule has 1 heterocycles. The fourth-order valence-electron chi connectivity index (χ4n) is 2.18. The highest BCUT2D eigenvalue weighted by Crippen LogP contribution is 2.27. The van der Waals surface area contributed by atoms with Gasteiger partial charge in [-0.25, -0.2) is 0 Å². The standard InChI is InChI=1S/C14H18N2O3/c1-8-4-10-9(5-11(15)14(17)19-3)7-16-12(10)6-13(8)18-2/h4,6-7,11,16H,5,15H2,1-3H3/t11-/m1/s1. The molecular formula is C14H18N2O3. The van der Waals surface area contributed by atoms with E-state index in [4.69, 9.17) is 10.5 Å². The van der Waals surface area contributed by atoms with Crippen LogP contribution in [0.4, 0.5) is 0 Å². The Bertz CT molecular complexity index is 604. The maximum Gasteiger partial charge on any atom is 0.322 e. The zero-order chi connectivity index (χ0) is 14.0. The van der Waals surface area contributed by atoms with Crippen LogP contribution >= 0.6 is 0 Å². The molecule has 0 bridgehead atoms. The molecule has 3 N–H and O–H groups in total. The van der Waals surface area contributed by atoms with Crippen LogP contribution in [0.5, 0.6) is 5.75 Å². The van der Waals surface area contributed by atoms with E-state index in [1.165, 1.54) is 7.11 Å². The van der Waals surface area contributed by atoms with Gasteiger partial charge in [-0.3, -0.25) is 4.79 Å². The molecule has 2 rings (SSSR count). The number of carbonyl (C=O) groups is 1. The maximum absolute atomic E-state index is 11.4. The molecule has 0 amide bonds. The molecule has 5 heteroatoms. The molecule has 0 aliphatic heterocycles. The Hall–Kier alpha value is -2.01. The number of esters is 1. The fraction of sp³-hybridized carbons (Fsp3) is 0.357. The summed E-state index contributed by atoms with van der Waals surface area (Å²) >= 11 is 0. The third-order valence-electron chi connectivity index (χ3n) is 3.23. The molecule has 5 nitrogen and oxygen atoms in total. The molecule has 1 aromatic heterocycles. The van der Waals surface area contributed by atoms with E-state index in [1.54, 1.807) is 7.11 Å². The van der Waals surface area contributed by atoms with Crippen molar-refractivity contribution < 1.29 is 14.3 Å². The summed E-state index contributed by atoms with van der Waals surface area (Å²) in [4.78, 5) is 14.5. The molecule has 2 aromatic rings. The fourth-order valence-corrected chi connectivity index (χ4v) is 2.18. The minimum Gasteiger partial charge on any atom is -0.496 e. The molecule has 0 saturated carbocycles. The molecule has 0 unspecified atom stereocenters. The number of nitrogens with two attached hydrogens (primary N) is 1. The predicted molar refractivity (Wildman–Crippen MR) is 73.3 cm³/mol. The van der Waals surface area contributed by atoms with Crippen LogP contribution in [0.1, 0.15) is 11.1 Å². The summed E-state index contributed by atoms with van der Waals surface area (Å²) in [5.74, 6) is 0.428. The number of aromatic nitrogens is 1. The topological polar surface area (TPSA) is 77.3 Å². The first kappa shape index (κ1) is 13.4. The van der Waals surface area contributed by atoms with Gasteiger partial charge >= 0.3 is 5.97 Å². The Morgan fingerprint density at radius 1 is 1.42 bits per heavy atom. The maximum atomic E-state index is 11.4. The molecule has 1 atom stereocenters. The largest absolute Gasteiger partial charge is 0.496 e. The van der Waals surface area contributed by atoms with Crippen molar-refractivity contribution in [2.75, 3.05) is 14.2 Å². The summed E-state index contributed by atoms with van der Waals surface area (Å²) in [6.07, 6.45) is 2.31. The number of carbonyl (C=O) groups excluding carboxylic acids is 1. The first-order valence-electron chi connectivity index (χ1n) is 6.04. The second-order valence-electron chi connectivity index (χ2n) is 4.52. The van der Waals surface area contributed by atoms with Crippen LogP contribution in [0.15, 0.2) is 18.3 Å². The van der Waals surface area contributed by atoms with Gasteiger partial charge in [-0.2, -0.15) is 0 Å². The van der Waals surface area contributed by atoms with Crippen molar-refractivity contribution in [3.63, 3.8) is 0 Å². The Kier molecular flexibility index (Phi) is 3.76. The molecule has 0 spiro atoms. The zero-order valence-electron chi connectivity index (χ0n) is 11.3. The molecule has 102 valence electrons. The average Bonchev–Trinajstić information content (AvgIpc) is 2.79. The normalized spacial score (nSPS) is 12.4. The number of hydrogen-bond donors (Lipinski definition) is 2. The van der Waals surface area contributed by atoms with Crippen LogP contribution in [0.2, 0.25) is 0 Å². The van der Waals surface area contributed by atoms with Crippen LogP contribution in [-0.4, -0.2) is 31.2 Å². The minimum atomic E-state index is -0.647. The van der Waals surface area contributed by atoms with Crippen molar-refractivity contribution in [2.45, 2.75) is 19.4 Å². The number of aryl methyl sites for hydroxylation is 1. The van der Waals surface area contributed by atoms with Crippen molar-refractivity contribution in [1.82, 2.24) is 4.98 Å². The van der Waals surface area contributed by atoms with E-state index in [-0.39, 0.29) is 0 Å². The van der Waals surface area contributed by atoms with E-state index in [1.807, 2.05) is 25.3 Å². The number of methoxy groups -OCH3 is 2. The summed E-state index contributed by atoms with van der Waals surface area (Å²) in [5, 5.41) is 1.05. The lowest BCUT2D eigenvalue weighted by Crippen LogP contribution is -2.33. The SMILES string of the molecule is COC(=O)[C@H](N)Cc1c[nH]c2cc(OC)c(C)cc12. The highest BCUT2D eigenvalue weighted by Gasteiger charge is 2.17. The van der Waals surface area contributed by atoms with Gasteiger partial charge in [0.1, 0.15) is 11.8 Å². The zero-order valence-corrected chi connectivity index (χ0v) is 11.3. The highest BCUT2D eigenvalue weighted by molar-refractivity contribution is 5.86. The smallest absolute Gasteiger partial charge is 0.322 e. The van der Waals surface area contributed by atoms with Crippen LogP contribution < -0.4 is 10.5 Å². The number of benzene rings is 1. The summed E-state index contributed by atoms with van der Waals surface area (Å²) in [7, 11) is 2.98. The monoisotopic (exact) mass is 262 g/mol. The Morgan fingerprint density at radius 3 is 2.79 bits per heavy atom. The van der Waals surface area contributed by atoms with Crippen LogP contribution in [0.3, 0.4) is 0 Å². The minimum absolute atomic E-state index is 0.403. The molecule has 1 aromatic carbocycles. The second-order valence-corrected chi connectivity index (χ2v) is 4.52. The third-order valence-corrected chi connectivity index (χ3v) is 3.23. The molecule has 0 aliphatic carbocycles. The number of rotatable bonds is 4. The van der Waals surface area contributed by atoms with E-state index >= 15 is 0 Å². The van der Waals surface area contributed by atoms with Gasteiger partial charge in [0.2, 0.25) is 0 Å². The van der Waals surface area contributed by atoms with E-state index < -0.39 is 12.0 Å². The van der Waals surface area contributed by atoms with Gasteiger partial charge in [-0.15, -0.1) is 0 Å². The van der Waals surface area contributed by atoms with Gasteiger partial charge in [0, 0.05) is 29.6 Å². The molecule has 0 saturated heterocycles. The van der Waals surface area contributed by atoms with Crippen molar-refractivity contribution in [2.24, 2.45) is 5.73 Å². The first-order valence-corrected chi connectivity index (χ1v) is 6.04. The Labute approximate surface area is 111 Å². The van der Waals surface area contributed by atoms with Gasteiger partial charge in [-0.05, 0) is 24.1 Å². The third kappa shape index (κ3) is 2.56. The van der Waals surface area contributed by atoms with Crippen LogP contribution in [0, 0.1) is 6.92 Å². The molecule has 0 fully saturated rings. The van der Waals surface area contributed by atoms with E-state index in [0.717, 1.165) is 27.8 Å². The lowest BCUT2D eigenvalue weighted by atomic mass is 10.0. The van der Waals surface area contributed by atoms with Gasteiger partial charge in [0.25, 0.3) is 0 Å². The number of nitrogens with one attached hydrogen (secondary N) is 1. The van der Waals surface area contributed by atoms with Gasteiger partial charge in [0.15, 0.2) is 0 Å². The van der Waals surface area contributed by atoms with Gasteiger partial charge < -0.3 is 20.2 Å². The van der Waals surface area contributed by atoms with E-state index in [9.17, 15) is 4.79 Å². The number of fused-ring (bicyclic) bond motifs is 1. The first-order chi connectivity index (χ1) is 9.06. The summed E-state index contributed by atoms with van der Waals surface area (Å²) < 4.78 is 9.92. The van der Waals surface area contributed by atoms with E-state index in [2.05, 4.69) is 9.72 Å². The molecule has 0 radical (unpaired) electrons. The Balaban J connectivity index is 2.35. The highest BCUT2D eigenvalue weighted by atomic mass is 16.5. The summed E-state index contributed by atoms with van der Waals surface area (Å²) in [5.41, 5.74) is 8.80. The second kappa shape index (κ2) is 5.32. The van der Waals surface area contributed by atoms with Crippen molar-refractivity contribution >= 4 is 16.9 Å². The van der Waals surface area contributed by atoms with Gasteiger partial charge in [-0.1, -0.05) is 0 Å². The van der Waals surface area contributed by atoms with Crippen LogP contribution in [-0.2, 0) is 16.0 Å². The lowest BCUT2D eigenvalue weighted by molar-refractivity contribution is -0.142. The number of H-pyrrole nitrogens is 1. The van der Waals surface area contributed by atoms with Crippen LogP contribution in [0.25, 0.3) is 10.9 Å². The number of hydrogen-bond acceptors (Lipinski definition) is 4. The lowest BCUT2D eigenvalue weighted by Gasteiger charge is -2.09. The van der Waals surface area contributed by atoms with Gasteiger partial charge in [0.05, 0.1) is 14.2 Å². The predicted octanol–water partition coefficient (Wildman–Crippen LogP) is 1.53. The summed E-state index contributed by atoms with van der Waals surface area (Å²) in [6.45, 7) is 1.98.